The Morgan fingerprint density at radius 2 is 1.90 bits per heavy atom. The number of carbonyl (C=O) groups is 2. The number of methoxy groups -OCH3 is 1. The van der Waals surface area contributed by atoms with Crippen LogP contribution in [-0.4, -0.2) is 29.0 Å². The van der Waals surface area contributed by atoms with Crippen LogP contribution < -0.4 is 19.7 Å². The number of anilines is 1. The number of non-ortho nitro benzene ring substituents is 1. The molecule has 0 saturated carbocycles. The molecule has 1 N–H and O–H groups in total. The second-order valence-corrected chi connectivity index (χ2v) is 8.74. The third-order valence-corrected chi connectivity index (χ3v) is 6.02. The zero-order valence-corrected chi connectivity index (χ0v) is 21.5. The molecule has 0 aromatic heterocycles. The third-order valence-electron chi connectivity index (χ3n) is 5.74. The molecule has 3 aromatic carbocycles. The van der Waals surface area contributed by atoms with Gasteiger partial charge in [0.05, 0.1) is 17.7 Å². The van der Waals surface area contributed by atoms with Gasteiger partial charge in [0.2, 0.25) is 0 Å². The minimum Gasteiger partial charge on any atom is -0.493 e. The lowest BCUT2D eigenvalue weighted by molar-refractivity contribution is -0.384. The van der Waals surface area contributed by atoms with E-state index >= 15 is 0 Å². The number of carbonyl (C=O) groups excluding carboxylic acids is 2. The lowest BCUT2D eigenvalue weighted by atomic mass is 10.0. The van der Waals surface area contributed by atoms with E-state index in [4.69, 9.17) is 21.7 Å². The molecule has 1 saturated heterocycles. The fraction of sp³-hybridized carbons (Fsp3) is 0.107. The number of amides is 2. The Bertz CT molecular complexity index is 1520. The van der Waals surface area contributed by atoms with Crippen molar-refractivity contribution in [1.29, 1.82) is 0 Å². The second-order valence-electron chi connectivity index (χ2n) is 8.35. The number of nitrogens with one attached hydrogen (secondary N) is 1. The van der Waals surface area contributed by atoms with Gasteiger partial charge in [-0.25, -0.2) is 4.39 Å². The van der Waals surface area contributed by atoms with E-state index in [2.05, 4.69) is 11.9 Å². The van der Waals surface area contributed by atoms with Crippen LogP contribution in [0.15, 0.2) is 78.9 Å². The second kappa shape index (κ2) is 11.7. The van der Waals surface area contributed by atoms with Gasteiger partial charge in [0.1, 0.15) is 18.0 Å². The number of nitro benzene ring substituents is 1. The number of allylic oxidation sites excluding steroid dienone is 1. The lowest BCUT2D eigenvalue weighted by Gasteiger charge is -2.29. The average Bonchev–Trinajstić information content (AvgIpc) is 2.91. The first-order valence-corrected chi connectivity index (χ1v) is 12.0. The molecule has 3 aromatic rings. The summed E-state index contributed by atoms with van der Waals surface area (Å²) in [4.78, 5) is 37.7. The lowest BCUT2D eigenvalue weighted by Crippen LogP contribution is -2.54. The standard InChI is InChI=1S/C28H22FN3O6S/c1-3-5-19-12-18(15-24(37-2)25(19)38-16-17-6-4-7-22(13-17)32(35)36)14-23-26(33)30-28(39)31(27(23)34)21-10-8-20(29)9-11-21/h3-4,6-15H,1,5,16H2,2H3,(H,30,33,39)/b23-14-. The van der Waals surface area contributed by atoms with Gasteiger partial charge < -0.3 is 9.47 Å². The van der Waals surface area contributed by atoms with Gasteiger partial charge >= 0.3 is 0 Å². The fourth-order valence-corrected chi connectivity index (χ4v) is 4.23. The molecular weight excluding hydrogens is 525 g/mol. The van der Waals surface area contributed by atoms with Gasteiger partial charge in [-0.05, 0) is 72.2 Å². The molecule has 1 aliphatic rings. The largest absolute Gasteiger partial charge is 0.493 e. The molecule has 1 fully saturated rings. The van der Waals surface area contributed by atoms with E-state index in [1.165, 1.54) is 49.6 Å². The predicted molar refractivity (Wildman–Crippen MR) is 147 cm³/mol. The monoisotopic (exact) mass is 547 g/mol. The minimum atomic E-state index is -0.682. The number of benzene rings is 3. The van der Waals surface area contributed by atoms with Crippen molar-refractivity contribution in [1.82, 2.24) is 5.32 Å². The number of nitrogens with zero attached hydrogens (tertiary/aromatic N) is 2. The highest BCUT2D eigenvalue weighted by atomic mass is 32.1. The first-order valence-electron chi connectivity index (χ1n) is 11.6. The van der Waals surface area contributed by atoms with Crippen molar-refractivity contribution >= 4 is 46.6 Å². The van der Waals surface area contributed by atoms with Crippen LogP contribution in [0.2, 0.25) is 0 Å². The number of halogens is 1. The molecule has 1 heterocycles. The minimum absolute atomic E-state index is 0.0353. The molecule has 39 heavy (non-hydrogen) atoms. The zero-order valence-electron chi connectivity index (χ0n) is 20.7. The number of rotatable bonds is 9. The zero-order chi connectivity index (χ0) is 28.1. The highest BCUT2D eigenvalue weighted by Crippen LogP contribution is 2.35. The van der Waals surface area contributed by atoms with E-state index in [0.29, 0.717) is 40.3 Å². The maximum Gasteiger partial charge on any atom is 0.270 e. The molecule has 4 rings (SSSR count). The van der Waals surface area contributed by atoms with Crippen molar-refractivity contribution in [3.05, 3.63) is 112 Å². The van der Waals surface area contributed by atoms with Crippen LogP contribution in [0.5, 0.6) is 11.5 Å². The Hall–Kier alpha value is -4.90. The summed E-state index contributed by atoms with van der Waals surface area (Å²) in [5.74, 6) is -1.13. The van der Waals surface area contributed by atoms with E-state index < -0.39 is 22.6 Å². The normalized spacial score (nSPS) is 14.3. The average molecular weight is 548 g/mol. The number of nitro groups is 1. The quantitative estimate of drug-likeness (QED) is 0.102. The number of hydrogen-bond acceptors (Lipinski definition) is 7. The summed E-state index contributed by atoms with van der Waals surface area (Å²) in [6.45, 7) is 3.81. The van der Waals surface area contributed by atoms with E-state index in [1.807, 2.05) is 0 Å². The van der Waals surface area contributed by atoms with E-state index in [0.717, 1.165) is 4.90 Å². The molecule has 0 aliphatic carbocycles. The molecule has 0 bridgehead atoms. The summed E-state index contributed by atoms with van der Waals surface area (Å²) < 4.78 is 24.9. The maximum atomic E-state index is 13.4. The first kappa shape index (κ1) is 27.1. The summed E-state index contributed by atoms with van der Waals surface area (Å²) in [6, 6.07) is 14.5. The molecular formula is C28H22FN3O6S. The highest BCUT2D eigenvalue weighted by Gasteiger charge is 2.34. The highest BCUT2D eigenvalue weighted by molar-refractivity contribution is 7.80. The Kier molecular flexibility index (Phi) is 8.11. The number of ether oxygens (including phenoxy) is 2. The van der Waals surface area contributed by atoms with Crippen LogP contribution in [-0.2, 0) is 22.6 Å². The topological polar surface area (TPSA) is 111 Å². The van der Waals surface area contributed by atoms with Crippen LogP contribution in [0.25, 0.3) is 6.08 Å². The Labute approximate surface area is 228 Å². The summed E-state index contributed by atoms with van der Waals surface area (Å²) in [6.07, 6.45) is 3.41. The van der Waals surface area contributed by atoms with Crippen LogP contribution >= 0.6 is 12.2 Å². The molecule has 2 amide bonds. The van der Waals surface area contributed by atoms with Crippen molar-refractivity contribution in [2.75, 3.05) is 12.0 Å². The SMILES string of the molecule is C=CCc1cc(/C=C2/C(=O)NC(=S)N(c3ccc(F)cc3)C2=O)cc(OC)c1OCc1cccc([N+](=O)[O-])c1. The maximum absolute atomic E-state index is 13.4. The van der Waals surface area contributed by atoms with Gasteiger partial charge in [0, 0.05) is 17.7 Å². The van der Waals surface area contributed by atoms with Crippen molar-refractivity contribution < 1.29 is 28.4 Å². The van der Waals surface area contributed by atoms with Crippen molar-refractivity contribution in [2.45, 2.75) is 13.0 Å². The Balaban J connectivity index is 1.68. The van der Waals surface area contributed by atoms with Gasteiger partial charge in [0.15, 0.2) is 16.6 Å². The van der Waals surface area contributed by atoms with Gasteiger partial charge in [-0.15, -0.1) is 6.58 Å². The van der Waals surface area contributed by atoms with Crippen LogP contribution in [0.4, 0.5) is 15.8 Å². The third kappa shape index (κ3) is 5.99. The van der Waals surface area contributed by atoms with Crippen LogP contribution in [0.1, 0.15) is 16.7 Å². The molecule has 198 valence electrons. The Morgan fingerprint density at radius 3 is 2.56 bits per heavy atom. The van der Waals surface area contributed by atoms with Gasteiger partial charge in [-0.1, -0.05) is 18.2 Å². The summed E-state index contributed by atoms with van der Waals surface area (Å²) in [5.41, 5.74) is 1.76. The van der Waals surface area contributed by atoms with Crippen molar-refractivity contribution in [2.24, 2.45) is 0 Å². The fourth-order valence-electron chi connectivity index (χ4n) is 3.95. The summed E-state index contributed by atoms with van der Waals surface area (Å²) in [7, 11) is 1.44. The number of thiocarbonyl (C=S) groups is 1. The van der Waals surface area contributed by atoms with Gasteiger partial charge in [-0.2, -0.15) is 0 Å². The molecule has 9 nitrogen and oxygen atoms in total. The Morgan fingerprint density at radius 1 is 1.15 bits per heavy atom. The predicted octanol–water partition coefficient (Wildman–Crippen LogP) is 4.88. The number of hydrogen-bond donors (Lipinski definition) is 1. The summed E-state index contributed by atoms with van der Waals surface area (Å²) >= 11 is 5.18. The van der Waals surface area contributed by atoms with E-state index in [9.17, 15) is 24.1 Å². The summed E-state index contributed by atoms with van der Waals surface area (Å²) in [5, 5.41) is 13.5. The first-order chi connectivity index (χ1) is 18.7. The van der Waals surface area contributed by atoms with Gasteiger partial charge in [-0.3, -0.25) is 29.9 Å². The van der Waals surface area contributed by atoms with Crippen molar-refractivity contribution in [3.8, 4) is 11.5 Å². The molecule has 0 radical (unpaired) electrons. The molecule has 0 atom stereocenters. The van der Waals surface area contributed by atoms with E-state index in [-0.39, 0.29) is 23.0 Å². The van der Waals surface area contributed by atoms with Crippen LogP contribution in [0.3, 0.4) is 0 Å². The smallest absolute Gasteiger partial charge is 0.270 e. The van der Waals surface area contributed by atoms with Crippen LogP contribution in [0, 0.1) is 15.9 Å². The van der Waals surface area contributed by atoms with Crippen molar-refractivity contribution in [3.63, 3.8) is 0 Å². The molecule has 0 spiro atoms. The molecule has 0 unspecified atom stereocenters. The molecule has 11 heteroatoms. The van der Waals surface area contributed by atoms with Gasteiger partial charge in [0.25, 0.3) is 17.5 Å². The van der Waals surface area contributed by atoms with E-state index in [1.54, 1.807) is 30.3 Å². The molecule has 1 aliphatic heterocycles.